The van der Waals surface area contributed by atoms with Gasteiger partial charge in [-0.25, -0.2) is 9.97 Å². The van der Waals surface area contributed by atoms with Crippen molar-refractivity contribution >= 4 is 5.78 Å². The Bertz CT molecular complexity index is 625. The molecule has 3 rings (SSSR count). The molecule has 0 unspecified atom stereocenters. The lowest BCUT2D eigenvalue weighted by Gasteiger charge is -2.02. The van der Waals surface area contributed by atoms with E-state index in [-0.39, 0.29) is 0 Å². The number of imidazole rings is 1. The van der Waals surface area contributed by atoms with Gasteiger partial charge in [0.1, 0.15) is 5.75 Å². The maximum atomic E-state index is 5.42. The van der Waals surface area contributed by atoms with Crippen LogP contribution in [0.4, 0.5) is 0 Å². The number of hydrogen-bond donors (Lipinski definition) is 0. The van der Waals surface area contributed by atoms with E-state index in [4.69, 9.17) is 4.74 Å². The van der Waals surface area contributed by atoms with Gasteiger partial charge in [-0.2, -0.15) is 0 Å². The number of ether oxygens (including phenoxy) is 1. The molecule has 0 aliphatic carbocycles. The molecule has 0 radical (unpaired) electrons. The first-order valence-electron chi connectivity index (χ1n) is 5.90. The summed E-state index contributed by atoms with van der Waals surface area (Å²) < 4.78 is 7.33. The first kappa shape index (κ1) is 10.8. The van der Waals surface area contributed by atoms with E-state index in [1.165, 1.54) is 0 Å². The third-order valence-corrected chi connectivity index (χ3v) is 2.70. The van der Waals surface area contributed by atoms with Crippen LogP contribution < -0.4 is 4.74 Å². The predicted molar refractivity (Wildman–Crippen MR) is 69.6 cm³/mol. The number of benzene rings is 1. The highest BCUT2D eigenvalue weighted by atomic mass is 16.5. The fourth-order valence-corrected chi connectivity index (χ4v) is 1.86. The van der Waals surface area contributed by atoms with Crippen LogP contribution in [0, 0.1) is 0 Å². The molecule has 0 saturated carbocycles. The minimum atomic E-state index is 0.678. The molecular formula is C14H13N3O. The third-order valence-electron chi connectivity index (χ3n) is 2.70. The predicted octanol–water partition coefficient (Wildman–Crippen LogP) is 2.80. The van der Waals surface area contributed by atoms with Crippen molar-refractivity contribution in [1.82, 2.24) is 14.4 Å². The van der Waals surface area contributed by atoms with Crippen LogP contribution in [0.2, 0.25) is 0 Å². The van der Waals surface area contributed by atoms with Gasteiger partial charge in [0.2, 0.25) is 5.78 Å². The number of hydrogen-bond acceptors (Lipinski definition) is 3. The van der Waals surface area contributed by atoms with Crippen molar-refractivity contribution in [1.29, 1.82) is 0 Å². The van der Waals surface area contributed by atoms with E-state index in [1.807, 2.05) is 54.0 Å². The highest BCUT2D eigenvalue weighted by Gasteiger charge is 2.04. The van der Waals surface area contributed by atoms with E-state index in [0.29, 0.717) is 12.4 Å². The summed E-state index contributed by atoms with van der Waals surface area (Å²) in [6, 6.07) is 9.81. The Hall–Kier alpha value is -2.36. The van der Waals surface area contributed by atoms with Gasteiger partial charge in [0.25, 0.3) is 0 Å². The molecule has 1 aromatic carbocycles. The second kappa shape index (κ2) is 4.49. The SMILES string of the molecule is CCOc1ccc(-c2cn3cccnc3n2)cc1. The molecule has 2 heterocycles. The van der Waals surface area contributed by atoms with Gasteiger partial charge in [-0.3, -0.25) is 4.40 Å². The normalized spacial score (nSPS) is 10.7. The zero-order chi connectivity index (χ0) is 12.4. The van der Waals surface area contributed by atoms with Gasteiger partial charge in [0.15, 0.2) is 0 Å². The van der Waals surface area contributed by atoms with E-state index in [0.717, 1.165) is 17.0 Å². The lowest BCUT2D eigenvalue weighted by molar-refractivity contribution is 0.340. The van der Waals surface area contributed by atoms with Crippen molar-refractivity contribution in [2.75, 3.05) is 6.61 Å². The third kappa shape index (κ3) is 1.93. The Morgan fingerprint density at radius 1 is 1.22 bits per heavy atom. The van der Waals surface area contributed by atoms with Crippen molar-refractivity contribution in [2.24, 2.45) is 0 Å². The van der Waals surface area contributed by atoms with Crippen LogP contribution in [0.5, 0.6) is 5.75 Å². The molecule has 4 nitrogen and oxygen atoms in total. The van der Waals surface area contributed by atoms with E-state index in [9.17, 15) is 0 Å². The van der Waals surface area contributed by atoms with Crippen LogP contribution in [0.3, 0.4) is 0 Å². The second-order valence-corrected chi connectivity index (χ2v) is 3.91. The van der Waals surface area contributed by atoms with E-state index in [2.05, 4.69) is 9.97 Å². The molecule has 0 aliphatic heterocycles. The monoisotopic (exact) mass is 239 g/mol. The maximum Gasteiger partial charge on any atom is 0.234 e. The standard InChI is InChI=1S/C14H13N3O/c1-2-18-12-6-4-11(5-7-12)13-10-17-9-3-8-15-14(17)16-13/h3-10H,2H2,1H3. The summed E-state index contributed by atoms with van der Waals surface area (Å²) in [4.78, 5) is 8.67. The zero-order valence-electron chi connectivity index (χ0n) is 10.1. The molecule has 0 fully saturated rings. The quantitative estimate of drug-likeness (QED) is 0.705. The number of aromatic nitrogens is 3. The summed E-state index contributed by atoms with van der Waals surface area (Å²) in [5.41, 5.74) is 1.97. The Morgan fingerprint density at radius 2 is 2.06 bits per heavy atom. The van der Waals surface area contributed by atoms with Crippen LogP contribution in [-0.2, 0) is 0 Å². The zero-order valence-corrected chi connectivity index (χ0v) is 10.1. The molecule has 90 valence electrons. The molecule has 0 atom stereocenters. The smallest absolute Gasteiger partial charge is 0.234 e. The van der Waals surface area contributed by atoms with Crippen LogP contribution in [-0.4, -0.2) is 21.0 Å². The maximum absolute atomic E-state index is 5.42. The fraction of sp³-hybridized carbons (Fsp3) is 0.143. The Morgan fingerprint density at radius 3 is 2.78 bits per heavy atom. The topological polar surface area (TPSA) is 39.4 Å². The molecule has 0 aliphatic rings. The number of nitrogens with zero attached hydrogens (tertiary/aromatic N) is 3. The van der Waals surface area contributed by atoms with Crippen LogP contribution in [0.1, 0.15) is 6.92 Å². The summed E-state index contributed by atoms with van der Waals surface area (Å²) >= 11 is 0. The highest BCUT2D eigenvalue weighted by molar-refractivity contribution is 5.62. The second-order valence-electron chi connectivity index (χ2n) is 3.91. The van der Waals surface area contributed by atoms with Gasteiger partial charge in [0, 0.05) is 24.2 Å². The van der Waals surface area contributed by atoms with Gasteiger partial charge >= 0.3 is 0 Å². The van der Waals surface area contributed by atoms with Gasteiger partial charge < -0.3 is 4.74 Å². The average Bonchev–Trinajstić information content (AvgIpc) is 2.84. The summed E-state index contributed by atoms with van der Waals surface area (Å²) in [5, 5.41) is 0. The van der Waals surface area contributed by atoms with Gasteiger partial charge in [-0.05, 0) is 37.3 Å². The van der Waals surface area contributed by atoms with Crippen LogP contribution in [0.25, 0.3) is 17.0 Å². The number of fused-ring (bicyclic) bond motifs is 1. The fourth-order valence-electron chi connectivity index (χ4n) is 1.86. The van der Waals surface area contributed by atoms with E-state index < -0.39 is 0 Å². The Kier molecular flexibility index (Phi) is 2.68. The molecular weight excluding hydrogens is 226 g/mol. The van der Waals surface area contributed by atoms with Gasteiger partial charge in [0.05, 0.1) is 12.3 Å². The molecule has 3 aromatic rings. The lowest BCUT2D eigenvalue weighted by Crippen LogP contribution is -1.90. The Labute approximate surface area is 105 Å². The molecule has 0 spiro atoms. The summed E-state index contributed by atoms with van der Waals surface area (Å²) in [6.07, 6.45) is 5.65. The van der Waals surface area contributed by atoms with Crippen molar-refractivity contribution < 1.29 is 4.74 Å². The van der Waals surface area contributed by atoms with Gasteiger partial charge in [-0.15, -0.1) is 0 Å². The van der Waals surface area contributed by atoms with Crippen molar-refractivity contribution in [3.8, 4) is 17.0 Å². The minimum absolute atomic E-state index is 0.678. The summed E-state index contributed by atoms with van der Waals surface area (Å²) in [7, 11) is 0. The van der Waals surface area contributed by atoms with E-state index in [1.54, 1.807) is 6.20 Å². The van der Waals surface area contributed by atoms with Crippen LogP contribution >= 0.6 is 0 Å². The molecule has 0 amide bonds. The highest BCUT2D eigenvalue weighted by Crippen LogP contribution is 2.21. The largest absolute Gasteiger partial charge is 0.494 e. The number of rotatable bonds is 3. The molecule has 0 saturated heterocycles. The van der Waals surface area contributed by atoms with Crippen molar-refractivity contribution in [3.05, 3.63) is 48.9 Å². The molecule has 4 heteroatoms. The first-order chi connectivity index (χ1) is 8.86. The van der Waals surface area contributed by atoms with Crippen molar-refractivity contribution in [3.63, 3.8) is 0 Å². The first-order valence-corrected chi connectivity index (χ1v) is 5.90. The Balaban J connectivity index is 1.98. The lowest BCUT2D eigenvalue weighted by atomic mass is 10.2. The van der Waals surface area contributed by atoms with E-state index >= 15 is 0 Å². The van der Waals surface area contributed by atoms with Gasteiger partial charge in [-0.1, -0.05) is 0 Å². The molecule has 2 aromatic heterocycles. The average molecular weight is 239 g/mol. The molecule has 0 bridgehead atoms. The molecule has 0 N–H and O–H groups in total. The van der Waals surface area contributed by atoms with Crippen molar-refractivity contribution in [2.45, 2.75) is 6.92 Å². The summed E-state index contributed by atoms with van der Waals surface area (Å²) in [5.74, 6) is 1.59. The van der Waals surface area contributed by atoms with Crippen LogP contribution in [0.15, 0.2) is 48.9 Å². The summed E-state index contributed by atoms with van der Waals surface area (Å²) in [6.45, 7) is 2.65. The minimum Gasteiger partial charge on any atom is -0.494 e. The molecule has 18 heavy (non-hydrogen) atoms.